The van der Waals surface area contributed by atoms with Crippen molar-refractivity contribution in [3.05, 3.63) is 58.7 Å². The van der Waals surface area contributed by atoms with Crippen molar-refractivity contribution in [1.82, 2.24) is 0 Å². The van der Waals surface area contributed by atoms with Crippen LogP contribution in [0.2, 0.25) is 0 Å². The minimum absolute atomic E-state index is 0.00427. The molecule has 29 heavy (non-hydrogen) atoms. The van der Waals surface area contributed by atoms with E-state index in [9.17, 15) is 10.2 Å². The minimum Gasteiger partial charge on any atom is -0.491 e. The Hall–Kier alpha value is -2.04. The van der Waals surface area contributed by atoms with E-state index >= 15 is 0 Å². The molecule has 0 heterocycles. The number of benzene rings is 2. The summed E-state index contributed by atoms with van der Waals surface area (Å²) in [7, 11) is 0. The van der Waals surface area contributed by atoms with E-state index in [1.165, 1.54) is 22.3 Å². The number of hydrogen-bond acceptors (Lipinski definition) is 4. The zero-order valence-electron chi connectivity index (χ0n) is 17.9. The molecule has 2 N–H and O–H groups in total. The lowest BCUT2D eigenvalue weighted by atomic mass is 9.72. The van der Waals surface area contributed by atoms with Crippen molar-refractivity contribution >= 4 is 0 Å². The molecule has 4 heteroatoms. The summed E-state index contributed by atoms with van der Waals surface area (Å²) in [5.74, 6) is 1.73. The third-order valence-electron chi connectivity index (χ3n) is 6.65. The molecule has 0 fully saturated rings. The third-order valence-corrected chi connectivity index (χ3v) is 6.65. The maximum absolute atomic E-state index is 9.35. The predicted octanol–water partition coefficient (Wildman–Crippen LogP) is 4.08. The van der Waals surface area contributed by atoms with Gasteiger partial charge in [-0.2, -0.15) is 0 Å². The van der Waals surface area contributed by atoms with Gasteiger partial charge in [-0.25, -0.2) is 0 Å². The van der Waals surface area contributed by atoms with Gasteiger partial charge in [0.1, 0.15) is 24.7 Å². The molecule has 0 saturated heterocycles. The van der Waals surface area contributed by atoms with Gasteiger partial charge >= 0.3 is 0 Å². The Morgan fingerprint density at radius 2 is 1.14 bits per heavy atom. The van der Waals surface area contributed by atoms with Gasteiger partial charge in [-0.15, -0.1) is 0 Å². The van der Waals surface area contributed by atoms with Gasteiger partial charge in [0.2, 0.25) is 0 Å². The van der Waals surface area contributed by atoms with Gasteiger partial charge in [-0.3, -0.25) is 0 Å². The number of rotatable bonds is 6. The quantitative estimate of drug-likeness (QED) is 0.773. The van der Waals surface area contributed by atoms with Gasteiger partial charge in [0.05, 0.1) is 13.2 Å². The molecule has 0 saturated carbocycles. The van der Waals surface area contributed by atoms with Crippen molar-refractivity contribution in [3.63, 3.8) is 0 Å². The fourth-order valence-corrected chi connectivity index (χ4v) is 5.97. The zero-order valence-corrected chi connectivity index (χ0v) is 17.9. The van der Waals surface area contributed by atoms with Crippen molar-refractivity contribution in [2.45, 2.75) is 56.8 Å². The van der Waals surface area contributed by atoms with Crippen LogP contribution in [0.1, 0.15) is 62.8 Å². The van der Waals surface area contributed by atoms with E-state index in [-0.39, 0.29) is 42.7 Å². The van der Waals surface area contributed by atoms with Crippen molar-refractivity contribution in [2.75, 3.05) is 26.4 Å². The van der Waals surface area contributed by atoms with E-state index in [4.69, 9.17) is 9.47 Å². The Labute approximate surface area is 173 Å². The van der Waals surface area contributed by atoms with Crippen LogP contribution in [-0.2, 0) is 16.2 Å². The summed E-state index contributed by atoms with van der Waals surface area (Å²) in [4.78, 5) is 0. The molecule has 2 aromatic rings. The summed E-state index contributed by atoms with van der Waals surface area (Å²) in [5.41, 5.74) is 4.89. The highest BCUT2D eigenvalue weighted by molar-refractivity contribution is 5.66. The fraction of sp³-hybridized carbons (Fsp3) is 0.520. The Kier molecular flexibility index (Phi) is 4.91. The van der Waals surface area contributed by atoms with Gasteiger partial charge in [0, 0.05) is 16.5 Å². The first-order valence-corrected chi connectivity index (χ1v) is 10.5. The molecule has 4 rings (SSSR count). The Morgan fingerprint density at radius 3 is 1.52 bits per heavy atom. The van der Waals surface area contributed by atoms with Gasteiger partial charge in [0.15, 0.2) is 0 Å². The third kappa shape index (κ3) is 3.04. The second-order valence-electron chi connectivity index (χ2n) is 9.70. The average molecular weight is 397 g/mol. The van der Waals surface area contributed by atoms with Crippen LogP contribution < -0.4 is 9.47 Å². The number of aliphatic hydroxyl groups excluding tert-OH is 2. The number of hydrogen-bond donors (Lipinski definition) is 2. The van der Waals surface area contributed by atoms with E-state index < -0.39 is 0 Å². The van der Waals surface area contributed by atoms with E-state index in [0.717, 1.165) is 24.3 Å². The normalized spacial score (nSPS) is 19.8. The first-order valence-electron chi connectivity index (χ1n) is 10.5. The molecule has 0 atom stereocenters. The van der Waals surface area contributed by atoms with Crippen LogP contribution >= 0.6 is 0 Å². The minimum atomic E-state index is -0.213. The van der Waals surface area contributed by atoms with E-state index in [0.29, 0.717) is 0 Å². The molecular weight excluding hydrogens is 364 g/mol. The molecule has 1 spiro atoms. The standard InChI is InChI=1S/C25H32O4/c1-23(2)15-25(21-17(23)7-5-9-19(21)28-13-11-26)16-24(3,4)18-8-6-10-20(22(18)25)29-14-12-27/h5-10,26-27H,11-16H2,1-4H3. The van der Waals surface area contributed by atoms with Crippen molar-refractivity contribution < 1.29 is 19.7 Å². The van der Waals surface area contributed by atoms with Crippen molar-refractivity contribution in [3.8, 4) is 11.5 Å². The summed E-state index contributed by atoms with van der Waals surface area (Å²) >= 11 is 0. The van der Waals surface area contributed by atoms with Gasteiger partial charge in [-0.1, -0.05) is 52.0 Å². The summed E-state index contributed by atoms with van der Waals surface area (Å²) in [5, 5.41) is 18.7. The maximum Gasteiger partial charge on any atom is 0.123 e. The van der Waals surface area contributed by atoms with Crippen LogP contribution in [-0.4, -0.2) is 36.6 Å². The topological polar surface area (TPSA) is 58.9 Å². The molecule has 4 nitrogen and oxygen atoms in total. The first-order chi connectivity index (χ1) is 13.8. The second kappa shape index (κ2) is 7.03. The number of ether oxygens (including phenoxy) is 2. The highest BCUT2D eigenvalue weighted by Gasteiger charge is 2.58. The Balaban J connectivity index is 1.99. The van der Waals surface area contributed by atoms with Crippen LogP contribution in [0.4, 0.5) is 0 Å². The molecule has 2 aliphatic rings. The zero-order chi connectivity index (χ0) is 20.9. The molecule has 0 amide bonds. The van der Waals surface area contributed by atoms with Crippen molar-refractivity contribution in [1.29, 1.82) is 0 Å². The van der Waals surface area contributed by atoms with Gasteiger partial charge < -0.3 is 19.7 Å². The molecular formula is C25H32O4. The maximum atomic E-state index is 9.35. The van der Waals surface area contributed by atoms with Crippen LogP contribution in [0.3, 0.4) is 0 Å². The lowest BCUT2D eigenvalue weighted by molar-refractivity contribution is 0.195. The summed E-state index contributed by atoms with van der Waals surface area (Å²) in [6.07, 6.45) is 1.95. The van der Waals surface area contributed by atoms with Crippen LogP contribution in [0.5, 0.6) is 11.5 Å². The highest BCUT2D eigenvalue weighted by atomic mass is 16.5. The lowest BCUT2D eigenvalue weighted by Gasteiger charge is -2.32. The Bertz CT molecular complexity index is 838. The fourth-order valence-electron chi connectivity index (χ4n) is 5.97. The predicted molar refractivity (Wildman–Crippen MR) is 114 cm³/mol. The molecule has 0 bridgehead atoms. The second-order valence-corrected chi connectivity index (χ2v) is 9.70. The SMILES string of the molecule is CC1(C)CC2(CC(C)(C)c3cccc(OCCO)c32)c2c(OCCO)cccc21. The molecule has 2 aliphatic carbocycles. The van der Waals surface area contributed by atoms with Crippen LogP contribution in [0.25, 0.3) is 0 Å². The van der Waals surface area contributed by atoms with E-state index in [2.05, 4.69) is 52.0 Å². The largest absolute Gasteiger partial charge is 0.491 e. The lowest BCUT2D eigenvalue weighted by Crippen LogP contribution is -2.28. The summed E-state index contributed by atoms with van der Waals surface area (Å²) in [6, 6.07) is 12.6. The monoisotopic (exact) mass is 396 g/mol. The molecule has 2 aromatic carbocycles. The highest BCUT2D eigenvalue weighted by Crippen LogP contribution is 2.66. The van der Waals surface area contributed by atoms with Crippen LogP contribution in [0.15, 0.2) is 36.4 Å². The Morgan fingerprint density at radius 1 is 0.724 bits per heavy atom. The van der Waals surface area contributed by atoms with Gasteiger partial charge in [0.25, 0.3) is 0 Å². The molecule has 156 valence electrons. The van der Waals surface area contributed by atoms with Crippen molar-refractivity contribution in [2.24, 2.45) is 0 Å². The van der Waals surface area contributed by atoms with E-state index in [1.807, 2.05) is 12.1 Å². The summed E-state index contributed by atoms with van der Waals surface area (Å²) in [6.45, 7) is 9.77. The van der Waals surface area contributed by atoms with E-state index in [1.54, 1.807) is 0 Å². The average Bonchev–Trinajstić information content (AvgIpc) is 3.05. The molecule has 0 radical (unpaired) electrons. The smallest absolute Gasteiger partial charge is 0.123 e. The molecule has 0 aliphatic heterocycles. The number of fused-ring (bicyclic) bond motifs is 4. The molecule has 0 unspecified atom stereocenters. The van der Waals surface area contributed by atoms with Crippen LogP contribution in [0, 0.1) is 0 Å². The summed E-state index contributed by atoms with van der Waals surface area (Å²) < 4.78 is 12.1. The number of aliphatic hydroxyl groups is 2. The molecule has 0 aromatic heterocycles. The first kappa shape index (κ1) is 20.2. The van der Waals surface area contributed by atoms with Gasteiger partial charge in [-0.05, 0) is 46.9 Å².